The fraction of sp³-hybridized carbons (Fsp3) is 0.258. The molecule has 0 bridgehead atoms. The summed E-state index contributed by atoms with van der Waals surface area (Å²) in [5, 5.41) is 19.9. The summed E-state index contributed by atoms with van der Waals surface area (Å²) in [6.45, 7) is 4.24. The van der Waals surface area contributed by atoms with Gasteiger partial charge in [-0.1, -0.05) is 43.3 Å². The van der Waals surface area contributed by atoms with E-state index in [1.807, 2.05) is 49.4 Å². The van der Waals surface area contributed by atoms with Gasteiger partial charge in [0.25, 0.3) is 5.91 Å². The zero-order valence-electron chi connectivity index (χ0n) is 21.6. The Hall–Kier alpha value is -4.41. The summed E-state index contributed by atoms with van der Waals surface area (Å²) in [6, 6.07) is 21.5. The lowest BCUT2D eigenvalue weighted by molar-refractivity contribution is 0.100. The van der Waals surface area contributed by atoms with Crippen molar-refractivity contribution >= 4 is 22.5 Å². The number of aliphatic hydroxyl groups excluding tert-OH is 1. The summed E-state index contributed by atoms with van der Waals surface area (Å²) >= 11 is 0. The van der Waals surface area contributed by atoms with Crippen LogP contribution in [-0.2, 0) is 13.0 Å². The minimum atomic E-state index is -0.518. The highest BCUT2D eigenvalue weighted by atomic mass is 16.5. The summed E-state index contributed by atoms with van der Waals surface area (Å²) in [4.78, 5) is 17.0. The minimum Gasteiger partial charge on any atom is -0.488 e. The van der Waals surface area contributed by atoms with Crippen LogP contribution in [0.1, 0.15) is 71.2 Å². The number of carbonyl (C=O) groups is 1. The number of amides is 1. The van der Waals surface area contributed by atoms with Crippen LogP contribution in [0.4, 0.5) is 0 Å². The van der Waals surface area contributed by atoms with Gasteiger partial charge in [-0.05, 0) is 60.7 Å². The Morgan fingerprint density at radius 2 is 2.00 bits per heavy atom. The molecule has 192 valence electrons. The van der Waals surface area contributed by atoms with Gasteiger partial charge in [0.15, 0.2) is 0 Å². The molecule has 2 heterocycles. The van der Waals surface area contributed by atoms with Crippen molar-refractivity contribution in [3.63, 3.8) is 0 Å². The van der Waals surface area contributed by atoms with Crippen molar-refractivity contribution in [1.29, 1.82) is 5.26 Å². The fourth-order valence-corrected chi connectivity index (χ4v) is 5.42. The zero-order chi connectivity index (χ0) is 26.8. The topological polar surface area (TPSA) is 114 Å². The molecular formula is C31H30N4O3. The molecule has 0 fully saturated rings. The zero-order valence-corrected chi connectivity index (χ0v) is 21.6. The third kappa shape index (κ3) is 4.33. The quantitative estimate of drug-likeness (QED) is 0.330. The number of aromatic nitrogens is 2. The van der Waals surface area contributed by atoms with E-state index in [2.05, 4.69) is 29.7 Å². The number of aryl methyl sites for hydroxylation is 1. The van der Waals surface area contributed by atoms with Crippen LogP contribution in [0.25, 0.3) is 16.6 Å². The molecule has 0 saturated carbocycles. The van der Waals surface area contributed by atoms with Crippen LogP contribution in [-0.4, -0.2) is 27.2 Å². The highest BCUT2D eigenvalue weighted by molar-refractivity contribution is 6.04. The predicted octanol–water partition coefficient (Wildman–Crippen LogP) is 5.30. The van der Waals surface area contributed by atoms with E-state index < -0.39 is 5.91 Å². The highest BCUT2D eigenvalue weighted by Gasteiger charge is 2.26. The first-order valence-corrected chi connectivity index (χ1v) is 12.8. The van der Waals surface area contributed by atoms with Crippen LogP contribution in [0.15, 0.2) is 66.2 Å². The average Bonchev–Trinajstić information content (AvgIpc) is 3.20. The van der Waals surface area contributed by atoms with Crippen LogP contribution in [0.5, 0.6) is 5.75 Å². The second-order valence-corrected chi connectivity index (χ2v) is 9.53. The van der Waals surface area contributed by atoms with Gasteiger partial charge in [0.2, 0.25) is 0 Å². The average molecular weight is 507 g/mol. The summed E-state index contributed by atoms with van der Waals surface area (Å²) < 4.78 is 8.33. The molecule has 38 heavy (non-hydrogen) atoms. The van der Waals surface area contributed by atoms with E-state index in [0.29, 0.717) is 36.1 Å². The lowest BCUT2D eigenvalue weighted by Crippen LogP contribution is -2.16. The third-order valence-electron chi connectivity index (χ3n) is 7.11. The van der Waals surface area contributed by atoms with Gasteiger partial charge in [-0.25, -0.2) is 4.98 Å². The maximum absolute atomic E-state index is 12.1. The predicted molar refractivity (Wildman–Crippen MR) is 147 cm³/mol. The first-order valence-electron chi connectivity index (χ1n) is 12.8. The molecule has 1 amide bonds. The Balaban J connectivity index is 1.70. The summed E-state index contributed by atoms with van der Waals surface area (Å²) in [5.74, 6) is 1.07. The normalized spacial score (nSPS) is 14.6. The largest absolute Gasteiger partial charge is 0.488 e. The van der Waals surface area contributed by atoms with Gasteiger partial charge in [-0.2, -0.15) is 5.26 Å². The van der Waals surface area contributed by atoms with Gasteiger partial charge in [0.1, 0.15) is 23.7 Å². The second kappa shape index (κ2) is 10.5. The van der Waals surface area contributed by atoms with Crippen LogP contribution < -0.4 is 10.5 Å². The van der Waals surface area contributed by atoms with Crippen LogP contribution >= 0.6 is 0 Å². The number of nitrogens with zero attached hydrogens (tertiary/aromatic N) is 3. The molecule has 0 saturated heterocycles. The molecule has 0 radical (unpaired) electrons. The van der Waals surface area contributed by atoms with Gasteiger partial charge in [0, 0.05) is 29.7 Å². The molecule has 1 aromatic heterocycles. The van der Waals surface area contributed by atoms with E-state index in [1.165, 1.54) is 0 Å². The number of allylic oxidation sites excluding steroid dienone is 1. The van der Waals surface area contributed by atoms with Crippen molar-refractivity contribution < 1.29 is 14.6 Å². The number of benzene rings is 3. The maximum atomic E-state index is 12.1. The number of imidazole rings is 1. The van der Waals surface area contributed by atoms with Crippen LogP contribution in [0, 0.1) is 11.3 Å². The van der Waals surface area contributed by atoms with Gasteiger partial charge in [0.05, 0.1) is 23.2 Å². The van der Waals surface area contributed by atoms with Gasteiger partial charge >= 0.3 is 0 Å². The van der Waals surface area contributed by atoms with E-state index in [1.54, 1.807) is 6.07 Å². The number of hydrogen-bond acceptors (Lipinski definition) is 5. The highest BCUT2D eigenvalue weighted by Crippen LogP contribution is 2.40. The molecule has 5 rings (SSSR count). The van der Waals surface area contributed by atoms with Crippen molar-refractivity contribution in [3.8, 4) is 11.8 Å². The first-order chi connectivity index (χ1) is 18.5. The van der Waals surface area contributed by atoms with Gasteiger partial charge in [-0.15, -0.1) is 0 Å². The number of nitrogens with two attached hydrogens (primary N) is 1. The van der Waals surface area contributed by atoms with Crippen molar-refractivity contribution in [2.75, 3.05) is 6.61 Å². The SMILES string of the molecule is CCCc1nc2c(C(N)=O)cccc2n1C(CCO)c1ccc2c(c1)COc1ccccc1/C2=C(\C)C#N. The standard InChI is InChI=1S/C31H30N4O3/c1-3-7-28-34-30-24(31(33)37)9-6-10-26(30)35(28)25(14-15-36)20-12-13-22-21(16-20)18-38-27-11-5-4-8-23(27)29(22)19(2)17-32/h4-6,8-13,16,25,36H,3,7,14-15,18H2,1-2H3,(H2,33,37)/b29-19+. The second-order valence-electron chi connectivity index (χ2n) is 9.53. The number of aliphatic hydroxyl groups is 1. The molecule has 3 aromatic carbocycles. The van der Waals surface area contributed by atoms with Crippen molar-refractivity contribution in [3.05, 3.63) is 99.9 Å². The van der Waals surface area contributed by atoms with E-state index in [0.717, 1.165) is 51.3 Å². The van der Waals surface area contributed by atoms with Crippen LogP contribution in [0.2, 0.25) is 0 Å². The molecule has 1 aliphatic heterocycles. The van der Waals surface area contributed by atoms with Crippen molar-refractivity contribution in [2.45, 2.75) is 45.8 Å². The molecule has 1 aliphatic rings. The molecule has 4 aromatic rings. The Morgan fingerprint density at radius 1 is 1.18 bits per heavy atom. The first kappa shape index (κ1) is 25.2. The number of primary amides is 1. The molecule has 7 heteroatoms. The Labute approximate surface area is 221 Å². The fourth-order valence-electron chi connectivity index (χ4n) is 5.42. The van der Waals surface area contributed by atoms with Gasteiger partial charge < -0.3 is 20.1 Å². The lowest BCUT2D eigenvalue weighted by Gasteiger charge is -2.23. The number of nitriles is 1. The summed E-state index contributed by atoms with van der Waals surface area (Å²) in [5.41, 5.74) is 12.7. The smallest absolute Gasteiger partial charge is 0.250 e. The molecule has 0 spiro atoms. The molecule has 1 unspecified atom stereocenters. The van der Waals surface area contributed by atoms with Crippen molar-refractivity contribution in [2.24, 2.45) is 5.73 Å². The summed E-state index contributed by atoms with van der Waals surface area (Å²) in [7, 11) is 0. The monoisotopic (exact) mass is 506 g/mol. The van der Waals surface area contributed by atoms with Crippen LogP contribution in [0.3, 0.4) is 0 Å². The molecule has 7 nitrogen and oxygen atoms in total. The van der Waals surface area contributed by atoms with E-state index in [9.17, 15) is 15.2 Å². The van der Waals surface area contributed by atoms with E-state index in [-0.39, 0.29) is 12.6 Å². The third-order valence-corrected chi connectivity index (χ3v) is 7.11. The molecule has 0 aliphatic carbocycles. The Kier molecular flexibility index (Phi) is 6.99. The minimum absolute atomic E-state index is 0.0247. The number of para-hydroxylation sites is 2. The number of ether oxygens (including phenoxy) is 1. The number of fused-ring (bicyclic) bond motifs is 3. The number of carbonyl (C=O) groups excluding carboxylic acids is 1. The number of hydrogen-bond donors (Lipinski definition) is 2. The Morgan fingerprint density at radius 3 is 2.74 bits per heavy atom. The molecular weight excluding hydrogens is 476 g/mol. The molecule has 3 N–H and O–H groups in total. The van der Waals surface area contributed by atoms with Gasteiger partial charge in [-0.3, -0.25) is 4.79 Å². The Bertz CT molecular complexity index is 1610. The summed E-state index contributed by atoms with van der Waals surface area (Å²) in [6.07, 6.45) is 2.05. The number of rotatable bonds is 7. The van der Waals surface area contributed by atoms with Crippen molar-refractivity contribution in [1.82, 2.24) is 9.55 Å². The lowest BCUT2D eigenvalue weighted by atomic mass is 9.89. The van der Waals surface area contributed by atoms with E-state index >= 15 is 0 Å². The molecule has 1 atom stereocenters. The van der Waals surface area contributed by atoms with E-state index in [4.69, 9.17) is 15.5 Å². The maximum Gasteiger partial charge on any atom is 0.250 e.